The van der Waals surface area contributed by atoms with Crippen molar-refractivity contribution in [3.8, 4) is 0 Å². The summed E-state index contributed by atoms with van der Waals surface area (Å²) in [7, 11) is -2.87. The van der Waals surface area contributed by atoms with Gasteiger partial charge in [-0.2, -0.15) is 0 Å². The maximum Gasteiger partial charge on any atom is 0.362 e. The van der Waals surface area contributed by atoms with Crippen molar-refractivity contribution in [2.45, 2.75) is 114 Å². The van der Waals surface area contributed by atoms with Gasteiger partial charge >= 0.3 is 13.6 Å². The van der Waals surface area contributed by atoms with Gasteiger partial charge < -0.3 is 40.6 Å². The number of carbonyl (C=O) groups is 2. The first-order valence-corrected chi connectivity index (χ1v) is 16.2. The Morgan fingerprint density at radius 3 is 2.52 bits per heavy atom. The lowest BCUT2D eigenvalue weighted by Crippen LogP contribution is -2.40. The van der Waals surface area contributed by atoms with Gasteiger partial charge in [-0.15, -0.1) is 0 Å². The number of ketones is 1. The number of aromatic nitrogens is 4. The van der Waals surface area contributed by atoms with E-state index in [1.54, 1.807) is 0 Å². The fourth-order valence-corrected chi connectivity index (χ4v) is 7.00. The predicted molar refractivity (Wildman–Crippen MR) is 158 cm³/mol. The van der Waals surface area contributed by atoms with Gasteiger partial charge in [0.25, 0.3) is 0 Å². The largest absolute Gasteiger partial charge is 0.387 e. The van der Waals surface area contributed by atoms with Crippen LogP contribution in [0.15, 0.2) is 12.7 Å². The summed E-state index contributed by atoms with van der Waals surface area (Å²) in [6.45, 7) is 7.72. The van der Waals surface area contributed by atoms with E-state index >= 15 is 0 Å². The SMILES string of the molecule is COP(=O)(OC(C)(C)C(=O)CCCCC[C@H]1NC(=O)N[C@H]1C)C(C)(C)OC[C@H]1O[C@@H](n2cnc3c(N)ncnc32)[C@H](O)[C@@H]1O. The highest BCUT2D eigenvalue weighted by atomic mass is 31.2. The van der Waals surface area contributed by atoms with Crippen molar-refractivity contribution in [1.29, 1.82) is 0 Å². The molecule has 0 aromatic carbocycles. The van der Waals surface area contributed by atoms with E-state index in [0.29, 0.717) is 17.6 Å². The summed E-state index contributed by atoms with van der Waals surface area (Å²) >= 11 is 0. The number of unbranched alkanes of at least 4 members (excludes halogenated alkanes) is 2. The molecule has 44 heavy (non-hydrogen) atoms. The van der Waals surface area contributed by atoms with E-state index in [1.165, 1.54) is 52.0 Å². The van der Waals surface area contributed by atoms with Crippen LogP contribution in [0.25, 0.3) is 11.2 Å². The van der Waals surface area contributed by atoms with E-state index in [0.717, 1.165) is 19.3 Å². The average Bonchev–Trinajstić information content (AvgIpc) is 3.62. The van der Waals surface area contributed by atoms with Crippen molar-refractivity contribution in [1.82, 2.24) is 30.2 Å². The summed E-state index contributed by atoms with van der Waals surface area (Å²) in [4.78, 5) is 36.7. The molecule has 4 rings (SSSR count). The minimum Gasteiger partial charge on any atom is -0.387 e. The van der Waals surface area contributed by atoms with Crippen LogP contribution in [0.1, 0.15) is 73.0 Å². The molecule has 16 nitrogen and oxygen atoms in total. The van der Waals surface area contributed by atoms with Crippen LogP contribution in [0.2, 0.25) is 0 Å². The summed E-state index contributed by atoms with van der Waals surface area (Å²) in [5, 5.41) is 25.6. The van der Waals surface area contributed by atoms with E-state index in [1.807, 2.05) is 6.92 Å². The molecule has 2 aliphatic rings. The smallest absolute Gasteiger partial charge is 0.362 e. The Morgan fingerprint density at radius 1 is 1.14 bits per heavy atom. The van der Waals surface area contributed by atoms with Crippen LogP contribution in [0, 0.1) is 0 Å². The van der Waals surface area contributed by atoms with Gasteiger partial charge in [0, 0.05) is 19.6 Å². The van der Waals surface area contributed by atoms with Gasteiger partial charge in [0.2, 0.25) is 0 Å². The van der Waals surface area contributed by atoms with Gasteiger partial charge in [-0.25, -0.2) is 19.7 Å². The zero-order chi connectivity index (χ0) is 32.4. The van der Waals surface area contributed by atoms with Crippen molar-refractivity contribution in [3.05, 3.63) is 12.7 Å². The van der Waals surface area contributed by atoms with Crippen LogP contribution in [-0.2, 0) is 27.9 Å². The molecule has 2 saturated heterocycles. The van der Waals surface area contributed by atoms with Crippen LogP contribution >= 0.6 is 7.60 Å². The zero-order valence-electron chi connectivity index (χ0n) is 25.9. The van der Waals surface area contributed by atoms with Crippen LogP contribution in [0.3, 0.4) is 0 Å². The number of rotatable bonds is 15. The van der Waals surface area contributed by atoms with Crippen molar-refractivity contribution in [3.63, 3.8) is 0 Å². The molecular formula is C27H44N7O9P. The lowest BCUT2D eigenvalue weighted by molar-refractivity contribution is -0.134. The number of aliphatic hydroxyl groups is 2. The molecule has 0 aliphatic carbocycles. The van der Waals surface area contributed by atoms with Crippen molar-refractivity contribution in [2.24, 2.45) is 0 Å². The zero-order valence-corrected chi connectivity index (χ0v) is 26.8. The number of nitrogens with two attached hydrogens (primary N) is 1. The van der Waals surface area contributed by atoms with Gasteiger partial charge in [-0.3, -0.25) is 18.5 Å². The molecule has 7 atom stereocenters. The highest BCUT2D eigenvalue weighted by molar-refractivity contribution is 7.55. The minimum atomic E-state index is -4.08. The van der Waals surface area contributed by atoms with Crippen LogP contribution in [0.4, 0.5) is 10.6 Å². The van der Waals surface area contributed by atoms with E-state index in [-0.39, 0.29) is 42.7 Å². The maximum atomic E-state index is 13.9. The fourth-order valence-electron chi connectivity index (χ4n) is 5.33. The van der Waals surface area contributed by atoms with Gasteiger partial charge in [-0.05, 0) is 47.5 Å². The summed E-state index contributed by atoms with van der Waals surface area (Å²) in [5.74, 6) is -0.0875. The number of urea groups is 1. The second kappa shape index (κ2) is 13.3. The quantitative estimate of drug-likeness (QED) is 0.139. The monoisotopic (exact) mass is 641 g/mol. The van der Waals surface area contributed by atoms with E-state index in [2.05, 4.69) is 25.6 Å². The molecule has 0 spiro atoms. The second-order valence-corrected chi connectivity index (χ2v) is 14.8. The van der Waals surface area contributed by atoms with Crippen molar-refractivity contribution < 1.29 is 42.9 Å². The molecule has 6 N–H and O–H groups in total. The lowest BCUT2D eigenvalue weighted by atomic mass is 9.97. The third kappa shape index (κ3) is 7.06. The molecule has 0 radical (unpaired) electrons. The molecule has 17 heteroatoms. The third-order valence-electron chi connectivity index (χ3n) is 8.22. The van der Waals surface area contributed by atoms with Crippen LogP contribution in [0.5, 0.6) is 0 Å². The number of nitrogens with zero attached hydrogens (tertiary/aromatic N) is 4. The number of hydrogen-bond donors (Lipinski definition) is 5. The Balaban J connectivity index is 1.31. The first-order valence-electron chi connectivity index (χ1n) is 14.7. The van der Waals surface area contributed by atoms with E-state index in [4.69, 9.17) is 24.3 Å². The minimum absolute atomic E-state index is 0.0622. The molecule has 2 aromatic rings. The Labute approximate surface area is 255 Å². The number of hydrogen-bond acceptors (Lipinski definition) is 13. The first-order chi connectivity index (χ1) is 20.6. The third-order valence-corrected chi connectivity index (χ3v) is 10.8. The fraction of sp³-hybridized carbons (Fsp3) is 0.741. The Morgan fingerprint density at radius 2 is 1.86 bits per heavy atom. The number of anilines is 1. The normalized spacial score (nSPS) is 27.3. The summed E-state index contributed by atoms with van der Waals surface area (Å²) in [5.41, 5.74) is 5.04. The molecule has 0 bridgehead atoms. The molecule has 4 heterocycles. The van der Waals surface area contributed by atoms with E-state index in [9.17, 15) is 24.4 Å². The molecule has 2 aromatic heterocycles. The Bertz CT molecular complexity index is 1390. The first kappa shape index (κ1) is 34.2. The number of carbonyl (C=O) groups excluding carboxylic acids is 2. The standard InChI is InChI=1S/C27H44N7O9P/c1-15-16(33-25(38)32-15)10-8-7-9-11-18(35)26(2,3)43-44(39,40-6)27(4,5)41-12-17-20(36)21(37)24(42-17)34-14-31-19-22(28)29-13-30-23(19)34/h13-17,20-21,24,36-37H,7-12H2,1-6H3,(H2,28,29,30)(H2,32,33,38)/t15-,16+,17+,20+,21+,24+,44?/m0/s1. The molecule has 2 amide bonds. The summed E-state index contributed by atoms with van der Waals surface area (Å²) in [6.07, 6.45) is 1.07. The molecule has 1 unspecified atom stereocenters. The van der Waals surface area contributed by atoms with Gasteiger partial charge in [0.05, 0.1) is 19.0 Å². The van der Waals surface area contributed by atoms with Gasteiger partial charge in [-0.1, -0.05) is 12.8 Å². The molecule has 2 fully saturated rings. The van der Waals surface area contributed by atoms with Crippen molar-refractivity contribution in [2.75, 3.05) is 19.5 Å². The number of nitrogen functional groups attached to an aromatic ring is 1. The number of fused-ring (bicyclic) bond motifs is 1. The average molecular weight is 642 g/mol. The Hall–Kier alpha value is -2.72. The van der Waals surface area contributed by atoms with Crippen molar-refractivity contribution >= 4 is 36.4 Å². The number of aliphatic hydroxyl groups excluding tert-OH is 2. The number of amides is 2. The highest BCUT2D eigenvalue weighted by Gasteiger charge is 2.51. The number of nitrogens with one attached hydrogen (secondary N) is 2. The van der Waals surface area contributed by atoms with Crippen LogP contribution in [-0.4, -0.2) is 96.6 Å². The summed E-state index contributed by atoms with van der Waals surface area (Å²) < 4.78 is 38.4. The molecular weight excluding hydrogens is 597 g/mol. The maximum absolute atomic E-state index is 13.9. The van der Waals surface area contributed by atoms with Gasteiger partial charge in [0.1, 0.15) is 35.8 Å². The molecule has 0 saturated carbocycles. The van der Waals surface area contributed by atoms with E-state index < -0.39 is 43.1 Å². The topological polar surface area (TPSA) is 222 Å². The predicted octanol–water partition coefficient (Wildman–Crippen LogP) is 2.00. The lowest BCUT2D eigenvalue weighted by Gasteiger charge is -2.37. The highest BCUT2D eigenvalue weighted by Crippen LogP contribution is 2.62. The second-order valence-electron chi connectivity index (χ2n) is 12.2. The molecule has 2 aliphatic heterocycles. The summed E-state index contributed by atoms with van der Waals surface area (Å²) in [6, 6.07) is -0.0333. The molecule has 246 valence electrons. The number of imidazole rings is 1. The number of Topliss-reactive ketones (excluding diaryl/α,β-unsaturated/α-hetero) is 1. The van der Waals surface area contributed by atoms with Gasteiger partial charge in [0.15, 0.2) is 28.8 Å². The van der Waals surface area contributed by atoms with Crippen LogP contribution < -0.4 is 16.4 Å². The Kier molecular flexibility index (Phi) is 10.3. The number of ether oxygens (including phenoxy) is 2.